The normalized spacial score (nSPS) is 11.3. The number of hydrogen-bond acceptors (Lipinski definition) is 1. The van der Waals surface area contributed by atoms with Crippen LogP contribution in [0.3, 0.4) is 0 Å². The van der Waals surface area contributed by atoms with Gasteiger partial charge >= 0.3 is 0 Å². The van der Waals surface area contributed by atoms with Crippen LogP contribution in [0.15, 0.2) is 97.1 Å². The van der Waals surface area contributed by atoms with Gasteiger partial charge in [-0.2, -0.15) is 5.26 Å². The number of benzene rings is 3. The Morgan fingerprint density at radius 1 is 0.696 bits per heavy atom. The van der Waals surface area contributed by atoms with Gasteiger partial charge in [-0.15, -0.1) is 0 Å². The van der Waals surface area contributed by atoms with Crippen LogP contribution in [0.1, 0.15) is 22.6 Å². The van der Waals surface area contributed by atoms with Crippen molar-refractivity contribution >= 4 is 5.57 Å². The summed E-state index contributed by atoms with van der Waals surface area (Å²) in [4.78, 5) is 0. The maximum Gasteiger partial charge on any atom is 0.0902 e. The molecule has 23 heavy (non-hydrogen) atoms. The highest BCUT2D eigenvalue weighted by atomic mass is 14.3. The highest BCUT2D eigenvalue weighted by Crippen LogP contribution is 2.28. The van der Waals surface area contributed by atoms with Gasteiger partial charge in [0.15, 0.2) is 0 Å². The minimum atomic E-state index is -0.272. The van der Waals surface area contributed by atoms with E-state index in [1.165, 1.54) is 0 Å². The molecular weight excluding hydrogens is 278 g/mol. The van der Waals surface area contributed by atoms with Crippen LogP contribution in [0.2, 0.25) is 0 Å². The minimum Gasteiger partial charge on any atom is -0.197 e. The third kappa shape index (κ3) is 3.56. The highest BCUT2D eigenvalue weighted by molar-refractivity contribution is 5.80. The van der Waals surface area contributed by atoms with Gasteiger partial charge in [-0.25, -0.2) is 0 Å². The van der Waals surface area contributed by atoms with Gasteiger partial charge in [0.25, 0.3) is 0 Å². The summed E-state index contributed by atoms with van der Waals surface area (Å²) in [5.41, 5.74) is 4.34. The lowest BCUT2D eigenvalue weighted by atomic mass is 9.91. The molecule has 0 fully saturated rings. The van der Waals surface area contributed by atoms with Gasteiger partial charge < -0.3 is 0 Å². The Morgan fingerprint density at radius 2 is 1.13 bits per heavy atom. The van der Waals surface area contributed by atoms with E-state index in [1.807, 2.05) is 66.7 Å². The van der Waals surface area contributed by atoms with E-state index in [1.54, 1.807) is 0 Å². The number of rotatable bonds is 4. The smallest absolute Gasteiger partial charge is 0.0902 e. The minimum absolute atomic E-state index is 0.272. The predicted octanol–water partition coefficient (Wildman–Crippen LogP) is 5.43. The molecule has 0 radical (unpaired) electrons. The van der Waals surface area contributed by atoms with Crippen molar-refractivity contribution in [2.24, 2.45) is 0 Å². The highest BCUT2D eigenvalue weighted by Gasteiger charge is 2.11. The summed E-state index contributed by atoms with van der Waals surface area (Å²) in [5, 5.41) is 9.63. The molecule has 0 spiro atoms. The zero-order chi connectivity index (χ0) is 15.9. The van der Waals surface area contributed by atoms with E-state index in [2.05, 4.69) is 36.4 Å². The fourth-order valence-corrected chi connectivity index (χ4v) is 2.63. The molecule has 1 atom stereocenters. The van der Waals surface area contributed by atoms with Crippen molar-refractivity contribution in [3.63, 3.8) is 0 Å². The Bertz CT molecular complexity index is 771. The lowest BCUT2D eigenvalue weighted by molar-refractivity contribution is 1.09. The molecule has 0 saturated carbocycles. The fourth-order valence-electron chi connectivity index (χ4n) is 2.63. The van der Waals surface area contributed by atoms with E-state index in [0.717, 1.165) is 22.3 Å². The van der Waals surface area contributed by atoms with Gasteiger partial charge in [0.1, 0.15) is 0 Å². The Kier molecular flexibility index (Phi) is 4.66. The summed E-state index contributed by atoms with van der Waals surface area (Å²) in [6.45, 7) is 0. The van der Waals surface area contributed by atoms with Gasteiger partial charge in [0, 0.05) is 0 Å². The van der Waals surface area contributed by atoms with E-state index in [-0.39, 0.29) is 5.92 Å². The lowest BCUT2D eigenvalue weighted by Gasteiger charge is -2.12. The molecule has 0 bridgehead atoms. The van der Waals surface area contributed by atoms with Crippen LogP contribution in [0.25, 0.3) is 5.57 Å². The van der Waals surface area contributed by atoms with Crippen molar-refractivity contribution in [1.82, 2.24) is 0 Å². The van der Waals surface area contributed by atoms with E-state index in [4.69, 9.17) is 0 Å². The van der Waals surface area contributed by atoms with Crippen molar-refractivity contribution in [2.75, 3.05) is 0 Å². The van der Waals surface area contributed by atoms with Crippen molar-refractivity contribution in [3.05, 3.63) is 114 Å². The summed E-state index contributed by atoms with van der Waals surface area (Å²) in [5.74, 6) is -0.272. The summed E-state index contributed by atoms with van der Waals surface area (Å²) >= 11 is 0. The Morgan fingerprint density at radius 3 is 1.57 bits per heavy atom. The number of nitriles is 1. The summed E-state index contributed by atoms with van der Waals surface area (Å²) in [6, 6.07) is 32.7. The largest absolute Gasteiger partial charge is 0.197 e. The molecule has 3 aromatic carbocycles. The van der Waals surface area contributed by atoms with Crippen LogP contribution in [0, 0.1) is 11.3 Å². The molecule has 3 rings (SSSR count). The van der Waals surface area contributed by atoms with Crippen molar-refractivity contribution < 1.29 is 0 Å². The second-order valence-electron chi connectivity index (χ2n) is 5.33. The molecular formula is C22H17N. The van der Waals surface area contributed by atoms with Gasteiger partial charge in [0.05, 0.1) is 12.0 Å². The topological polar surface area (TPSA) is 23.8 Å². The van der Waals surface area contributed by atoms with Crippen LogP contribution in [0.4, 0.5) is 0 Å². The SMILES string of the molecule is N#CC(C=C(c1ccccc1)c1ccccc1)c1ccccc1. The number of nitrogens with zero attached hydrogens (tertiary/aromatic N) is 1. The van der Waals surface area contributed by atoms with E-state index >= 15 is 0 Å². The van der Waals surface area contributed by atoms with Gasteiger partial charge in [0.2, 0.25) is 0 Å². The molecule has 0 aliphatic rings. The average molecular weight is 295 g/mol. The Balaban J connectivity index is 2.10. The van der Waals surface area contributed by atoms with Crippen molar-refractivity contribution in [1.29, 1.82) is 5.26 Å². The van der Waals surface area contributed by atoms with Gasteiger partial charge in [-0.1, -0.05) is 97.1 Å². The molecule has 0 aromatic heterocycles. The summed E-state index contributed by atoms with van der Waals surface area (Å²) < 4.78 is 0. The second-order valence-corrected chi connectivity index (χ2v) is 5.33. The molecule has 0 aliphatic carbocycles. The third-order valence-corrected chi connectivity index (χ3v) is 3.80. The maximum atomic E-state index is 9.63. The van der Waals surface area contributed by atoms with Crippen LogP contribution >= 0.6 is 0 Å². The number of allylic oxidation sites excluding steroid dienone is 1. The molecule has 3 aromatic rings. The first-order valence-corrected chi connectivity index (χ1v) is 7.66. The molecule has 1 nitrogen and oxygen atoms in total. The number of hydrogen-bond donors (Lipinski definition) is 0. The first kappa shape index (κ1) is 14.8. The van der Waals surface area contributed by atoms with E-state index in [0.29, 0.717) is 0 Å². The van der Waals surface area contributed by atoms with Gasteiger partial charge in [-0.3, -0.25) is 0 Å². The molecule has 0 saturated heterocycles. The molecule has 0 aliphatic heterocycles. The summed E-state index contributed by atoms with van der Waals surface area (Å²) in [6.07, 6.45) is 2.06. The lowest BCUT2D eigenvalue weighted by Crippen LogP contribution is -1.95. The van der Waals surface area contributed by atoms with Gasteiger partial charge in [-0.05, 0) is 22.3 Å². The first-order valence-electron chi connectivity index (χ1n) is 7.66. The molecule has 1 heteroatoms. The Hall–Kier alpha value is -3.11. The predicted molar refractivity (Wildman–Crippen MR) is 94.8 cm³/mol. The Labute approximate surface area is 137 Å². The molecule has 0 heterocycles. The van der Waals surface area contributed by atoms with Crippen LogP contribution in [0.5, 0.6) is 0 Å². The molecule has 0 amide bonds. The monoisotopic (exact) mass is 295 g/mol. The van der Waals surface area contributed by atoms with Crippen molar-refractivity contribution in [3.8, 4) is 6.07 Å². The molecule has 0 N–H and O–H groups in total. The first-order chi connectivity index (χ1) is 11.4. The average Bonchev–Trinajstić information content (AvgIpc) is 2.65. The van der Waals surface area contributed by atoms with Crippen LogP contribution < -0.4 is 0 Å². The van der Waals surface area contributed by atoms with Crippen molar-refractivity contribution in [2.45, 2.75) is 5.92 Å². The van der Waals surface area contributed by atoms with Crippen LogP contribution in [-0.4, -0.2) is 0 Å². The quantitative estimate of drug-likeness (QED) is 0.630. The molecule has 110 valence electrons. The van der Waals surface area contributed by atoms with Crippen LogP contribution in [-0.2, 0) is 0 Å². The fraction of sp³-hybridized carbons (Fsp3) is 0.0455. The standard InChI is InChI=1S/C22H17N/c23-17-21(18-10-4-1-5-11-18)16-22(19-12-6-2-7-13-19)20-14-8-3-9-15-20/h1-16,21H. The maximum absolute atomic E-state index is 9.63. The van der Waals surface area contributed by atoms with E-state index in [9.17, 15) is 5.26 Å². The third-order valence-electron chi connectivity index (χ3n) is 3.80. The van der Waals surface area contributed by atoms with E-state index < -0.39 is 0 Å². The summed E-state index contributed by atoms with van der Waals surface area (Å²) in [7, 11) is 0. The zero-order valence-corrected chi connectivity index (χ0v) is 12.8. The second kappa shape index (κ2) is 7.24. The zero-order valence-electron chi connectivity index (χ0n) is 12.8. The molecule has 1 unspecified atom stereocenters.